The molecule has 0 fully saturated rings. The molecule has 0 amide bonds. The molecule has 0 spiro atoms. The van der Waals surface area contributed by atoms with Crippen LogP contribution in [-0.2, 0) is 10.8 Å². The molecule has 106 valence electrons. The zero-order chi connectivity index (χ0) is 14.5. The van der Waals surface area contributed by atoms with E-state index in [1.54, 1.807) is 7.11 Å². The summed E-state index contributed by atoms with van der Waals surface area (Å²) in [5, 5.41) is 0. The Kier molecular flexibility index (Phi) is 5.34. The van der Waals surface area contributed by atoms with Gasteiger partial charge in [0, 0.05) is 21.8 Å². The summed E-state index contributed by atoms with van der Waals surface area (Å²) in [5.41, 5.74) is 7.04. The maximum Gasteiger partial charge on any atom is 0.123 e. The van der Waals surface area contributed by atoms with Gasteiger partial charge in [-0.25, -0.2) is 0 Å². The molecule has 2 rings (SSSR count). The molecule has 0 saturated carbocycles. The highest BCUT2D eigenvalue weighted by Gasteiger charge is 2.16. The Morgan fingerprint density at radius 2 is 1.85 bits per heavy atom. The summed E-state index contributed by atoms with van der Waals surface area (Å²) >= 11 is 3.41. The maximum atomic E-state index is 12.4. The molecular weight excluding hydrogens is 338 g/mol. The molecule has 2 aromatic carbocycles. The van der Waals surface area contributed by atoms with Crippen LogP contribution in [0.2, 0.25) is 0 Å². The summed E-state index contributed by atoms with van der Waals surface area (Å²) in [6.45, 7) is 0. The molecule has 0 heterocycles. The van der Waals surface area contributed by atoms with Crippen LogP contribution < -0.4 is 10.5 Å². The van der Waals surface area contributed by atoms with Gasteiger partial charge in [0.2, 0.25) is 0 Å². The van der Waals surface area contributed by atoms with Crippen molar-refractivity contribution in [3.05, 3.63) is 58.6 Å². The van der Waals surface area contributed by atoms with E-state index in [0.717, 1.165) is 20.7 Å². The second-order valence-electron chi connectivity index (χ2n) is 4.29. The predicted molar refractivity (Wildman–Crippen MR) is 85.3 cm³/mol. The van der Waals surface area contributed by atoms with Gasteiger partial charge in [0.15, 0.2) is 0 Å². The van der Waals surface area contributed by atoms with E-state index in [1.165, 1.54) is 0 Å². The summed E-state index contributed by atoms with van der Waals surface area (Å²) in [5.74, 6) is 1.08. The lowest BCUT2D eigenvalue weighted by Crippen LogP contribution is -2.19. The van der Waals surface area contributed by atoms with Crippen LogP contribution in [0.5, 0.6) is 5.75 Å². The first kappa shape index (κ1) is 15.2. The van der Waals surface area contributed by atoms with Crippen LogP contribution in [0.3, 0.4) is 0 Å². The molecule has 2 unspecified atom stereocenters. The lowest BCUT2D eigenvalue weighted by atomic mass is 10.1. The zero-order valence-electron chi connectivity index (χ0n) is 11.1. The molecule has 3 nitrogen and oxygen atoms in total. The Balaban J connectivity index is 2.18. The molecule has 0 bridgehead atoms. The number of ether oxygens (including phenoxy) is 1. The highest BCUT2D eigenvalue weighted by atomic mass is 79.9. The second kappa shape index (κ2) is 7.02. The van der Waals surface area contributed by atoms with Crippen molar-refractivity contribution in [2.45, 2.75) is 10.9 Å². The van der Waals surface area contributed by atoms with Crippen molar-refractivity contribution in [2.24, 2.45) is 5.73 Å². The summed E-state index contributed by atoms with van der Waals surface area (Å²) in [7, 11) is 0.444. The van der Waals surface area contributed by atoms with Crippen molar-refractivity contribution in [1.29, 1.82) is 0 Å². The monoisotopic (exact) mass is 353 g/mol. The van der Waals surface area contributed by atoms with Crippen LogP contribution >= 0.6 is 15.9 Å². The SMILES string of the molecule is COc1ccccc1C(N)CS(=O)c1ccccc1Br. The van der Waals surface area contributed by atoms with Crippen LogP contribution in [0.4, 0.5) is 0 Å². The van der Waals surface area contributed by atoms with E-state index in [0.29, 0.717) is 5.75 Å². The maximum absolute atomic E-state index is 12.4. The molecule has 2 N–H and O–H groups in total. The number of para-hydroxylation sites is 1. The third kappa shape index (κ3) is 3.48. The van der Waals surface area contributed by atoms with E-state index >= 15 is 0 Å². The van der Waals surface area contributed by atoms with Gasteiger partial charge in [-0.3, -0.25) is 4.21 Å². The molecule has 2 aromatic rings. The number of hydrogen-bond acceptors (Lipinski definition) is 3. The number of methoxy groups -OCH3 is 1. The molecule has 2 atom stereocenters. The van der Waals surface area contributed by atoms with Gasteiger partial charge in [0.05, 0.1) is 22.8 Å². The van der Waals surface area contributed by atoms with E-state index in [9.17, 15) is 4.21 Å². The predicted octanol–water partition coefficient (Wildman–Crippen LogP) is 3.27. The van der Waals surface area contributed by atoms with Gasteiger partial charge in [-0.1, -0.05) is 30.3 Å². The first-order valence-corrected chi connectivity index (χ1v) is 8.26. The molecule has 5 heteroatoms. The van der Waals surface area contributed by atoms with Crippen LogP contribution in [-0.4, -0.2) is 17.1 Å². The highest BCUT2D eigenvalue weighted by Crippen LogP contribution is 2.26. The lowest BCUT2D eigenvalue weighted by Gasteiger charge is -2.15. The van der Waals surface area contributed by atoms with Gasteiger partial charge in [-0.15, -0.1) is 0 Å². The molecule has 0 aliphatic rings. The first-order chi connectivity index (χ1) is 9.63. The third-order valence-corrected chi connectivity index (χ3v) is 5.41. The Morgan fingerprint density at radius 1 is 1.20 bits per heavy atom. The fourth-order valence-corrected chi connectivity index (χ4v) is 3.97. The highest BCUT2D eigenvalue weighted by molar-refractivity contribution is 9.10. The van der Waals surface area contributed by atoms with Gasteiger partial charge in [0.1, 0.15) is 5.75 Å². The first-order valence-electron chi connectivity index (χ1n) is 6.15. The van der Waals surface area contributed by atoms with Crippen LogP contribution in [0.1, 0.15) is 11.6 Å². The van der Waals surface area contributed by atoms with Crippen LogP contribution in [0, 0.1) is 0 Å². The van der Waals surface area contributed by atoms with Crippen molar-refractivity contribution < 1.29 is 8.95 Å². The van der Waals surface area contributed by atoms with Gasteiger partial charge in [-0.2, -0.15) is 0 Å². The summed E-state index contributed by atoms with van der Waals surface area (Å²) in [6, 6.07) is 14.7. The molecule has 20 heavy (non-hydrogen) atoms. The van der Waals surface area contributed by atoms with E-state index in [4.69, 9.17) is 10.5 Å². The zero-order valence-corrected chi connectivity index (χ0v) is 13.5. The van der Waals surface area contributed by atoms with E-state index < -0.39 is 10.8 Å². The average Bonchev–Trinajstić information content (AvgIpc) is 2.47. The largest absolute Gasteiger partial charge is 0.496 e. The fourth-order valence-electron chi connectivity index (χ4n) is 1.94. The smallest absolute Gasteiger partial charge is 0.123 e. The molecule has 0 aliphatic carbocycles. The fraction of sp³-hybridized carbons (Fsp3) is 0.200. The van der Waals surface area contributed by atoms with Gasteiger partial charge in [0.25, 0.3) is 0 Å². The Hall–Kier alpha value is -1.17. The average molecular weight is 354 g/mol. The van der Waals surface area contributed by atoms with E-state index in [1.807, 2.05) is 48.5 Å². The molecule has 0 saturated heterocycles. The Morgan fingerprint density at radius 3 is 2.55 bits per heavy atom. The van der Waals surface area contributed by atoms with Gasteiger partial charge < -0.3 is 10.5 Å². The number of hydrogen-bond donors (Lipinski definition) is 1. The summed E-state index contributed by atoms with van der Waals surface area (Å²) in [4.78, 5) is 0.762. The van der Waals surface area contributed by atoms with Crippen molar-refractivity contribution in [3.8, 4) is 5.75 Å². The van der Waals surface area contributed by atoms with Crippen LogP contribution in [0.25, 0.3) is 0 Å². The van der Waals surface area contributed by atoms with Gasteiger partial charge in [-0.05, 0) is 34.1 Å². The number of nitrogens with two attached hydrogens (primary N) is 1. The molecule has 0 aliphatic heterocycles. The van der Waals surface area contributed by atoms with E-state index in [-0.39, 0.29) is 6.04 Å². The summed E-state index contributed by atoms with van der Waals surface area (Å²) < 4.78 is 18.5. The summed E-state index contributed by atoms with van der Waals surface area (Å²) in [6.07, 6.45) is 0. The third-order valence-electron chi connectivity index (χ3n) is 2.95. The van der Waals surface area contributed by atoms with E-state index in [2.05, 4.69) is 15.9 Å². The number of rotatable bonds is 5. The van der Waals surface area contributed by atoms with Gasteiger partial charge >= 0.3 is 0 Å². The van der Waals surface area contributed by atoms with Crippen molar-refractivity contribution in [1.82, 2.24) is 0 Å². The quantitative estimate of drug-likeness (QED) is 0.897. The molecule has 0 aromatic heterocycles. The minimum atomic E-state index is -1.16. The minimum absolute atomic E-state index is 0.334. The molecular formula is C15H16BrNO2S. The topological polar surface area (TPSA) is 52.3 Å². The number of benzene rings is 2. The molecule has 0 radical (unpaired) electrons. The van der Waals surface area contributed by atoms with Crippen LogP contribution in [0.15, 0.2) is 57.9 Å². The van der Waals surface area contributed by atoms with Crippen molar-refractivity contribution >= 4 is 26.7 Å². The number of halogens is 1. The van der Waals surface area contributed by atoms with Crippen molar-refractivity contribution in [2.75, 3.05) is 12.9 Å². The Bertz CT molecular complexity index is 618. The normalized spacial score (nSPS) is 13.8. The standard InChI is InChI=1S/C15H16BrNO2S/c1-19-14-8-4-2-6-11(14)13(17)10-20(18)15-9-5-3-7-12(15)16/h2-9,13H,10,17H2,1H3. The second-order valence-corrected chi connectivity index (χ2v) is 6.61. The Labute approximate surface area is 129 Å². The van der Waals surface area contributed by atoms with Crippen molar-refractivity contribution in [3.63, 3.8) is 0 Å². The lowest BCUT2D eigenvalue weighted by molar-refractivity contribution is 0.407. The minimum Gasteiger partial charge on any atom is -0.496 e.